The summed E-state index contributed by atoms with van der Waals surface area (Å²) in [4.78, 5) is 8.53. The zero-order valence-electron chi connectivity index (χ0n) is 7.59. The number of hydrogen-bond acceptors (Lipinski definition) is 4. The largest absolute Gasteiger partial charge is 0.254 e. The molecule has 1 aromatic rings. The highest BCUT2D eigenvalue weighted by Crippen LogP contribution is 2.32. The lowest BCUT2D eigenvalue weighted by Crippen LogP contribution is -1.92. The van der Waals surface area contributed by atoms with Crippen LogP contribution in [-0.2, 0) is 0 Å². The summed E-state index contributed by atoms with van der Waals surface area (Å²) in [5.41, 5.74) is 0. The Morgan fingerprint density at radius 2 is 2.21 bits per heavy atom. The predicted molar refractivity (Wildman–Crippen MR) is 63.5 cm³/mol. The Morgan fingerprint density at radius 1 is 1.21 bits per heavy atom. The fourth-order valence-electron chi connectivity index (χ4n) is 1.03. The molecule has 0 N–H and O–H groups in total. The molecule has 0 saturated carbocycles. The second-order valence-electron chi connectivity index (χ2n) is 2.78. The van der Waals surface area contributed by atoms with Crippen LogP contribution < -0.4 is 0 Å². The molecule has 0 aliphatic carbocycles. The fraction of sp³-hybridized carbons (Fsp3) is 0.200. The van der Waals surface area contributed by atoms with Crippen LogP contribution in [0.3, 0.4) is 0 Å². The Labute approximate surface area is 91.3 Å². The van der Waals surface area contributed by atoms with Crippen LogP contribution in [0.2, 0.25) is 0 Å². The lowest BCUT2D eigenvalue weighted by Gasteiger charge is -2.05. The number of rotatable bonds is 2. The minimum atomic E-state index is 1.04. The summed E-state index contributed by atoms with van der Waals surface area (Å²) < 4.78 is 0. The van der Waals surface area contributed by atoms with Crippen molar-refractivity contribution in [3.8, 4) is 0 Å². The van der Waals surface area contributed by atoms with E-state index in [1.807, 2.05) is 30.6 Å². The molecule has 0 saturated heterocycles. The zero-order valence-corrected chi connectivity index (χ0v) is 9.22. The maximum absolute atomic E-state index is 4.29. The molecule has 14 heavy (non-hydrogen) atoms. The second kappa shape index (κ2) is 5.22. The Hall–Kier alpha value is -0.740. The third-order valence-corrected chi connectivity index (χ3v) is 4.05. The van der Waals surface area contributed by atoms with E-state index in [0.29, 0.717) is 0 Å². The zero-order chi connectivity index (χ0) is 9.64. The molecule has 0 fully saturated rings. The Morgan fingerprint density at radius 3 is 2.93 bits per heavy atom. The molecule has 0 bridgehead atoms. The van der Waals surface area contributed by atoms with Crippen molar-refractivity contribution in [1.82, 2.24) is 4.98 Å². The summed E-state index contributed by atoms with van der Waals surface area (Å²) >= 11 is 0. The van der Waals surface area contributed by atoms with Gasteiger partial charge in [0.05, 0.1) is 5.04 Å². The van der Waals surface area contributed by atoms with E-state index < -0.39 is 0 Å². The van der Waals surface area contributed by atoms with Crippen molar-refractivity contribution in [2.24, 2.45) is 4.99 Å². The minimum absolute atomic E-state index is 1.04. The van der Waals surface area contributed by atoms with Gasteiger partial charge in [-0.05, 0) is 40.1 Å². The van der Waals surface area contributed by atoms with Gasteiger partial charge in [0.2, 0.25) is 0 Å². The van der Waals surface area contributed by atoms with Gasteiger partial charge in [0.15, 0.2) is 0 Å². The number of aliphatic imine (C=N–C) groups is 1. The Balaban J connectivity index is 1.88. The number of pyridine rings is 1. The van der Waals surface area contributed by atoms with Crippen LogP contribution in [0, 0.1) is 0 Å². The van der Waals surface area contributed by atoms with Crippen molar-refractivity contribution in [2.75, 3.05) is 0 Å². The molecule has 0 aromatic carbocycles. The summed E-state index contributed by atoms with van der Waals surface area (Å²) in [6.45, 7) is 0. The van der Waals surface area contributed by atoms with E-state index >= 15 is 0 Å². The summed E-state index contributed by atoms with van der Waals surface area (Å²) in [5.74, 6) is 0. The van der Waals surface area contributed by atoms with Crippen molar-refractivity contribution in [1.29, 1.82) is 0 Å². The van der Waals surface area contributed by atoms with Crippen molar-refractivity contribution < 1.29 is 0 Å². The lowest BCUT2D eigenvalue weighted by molar-refractivity contribution is 1.08. The van der Waals surface area contributed by atoms with Gasteiger partial charge in [0.1, 0.15) is 5.03 Å². The van der Waals surface area contributed by atoms with E-state index in [9.17, 15) is 0 Å². The third-order valence-electron chi connectivity index (χ3n) is 1.71. The molecule has 1 aliphatic heterocycles. The summed E-state index contributed by atoms with van der Waals surface area (Å²) in [6, 6.07) is 5.94. The van der Waals surface area contributed by atoms with Crippen molar-refractivity contribution in [3.05, 3.63) is 36.7 Å². The van der Waals surface area contributed by atoms with Crippen molar-refractivity contribution >= 4 is 26.6 Å². The molecule has 0 spiro atoms. The van der Waals surface area contributed by atoms with Gasteiger partial charge < -0.3 is 0 Å². The SMILES string of the molecule is C1=CN=C(SSc2ccccn2)CC1. The molecule has 0 unspecified atom stereocenters. The van der Waals surface area contributed by atoms with Crippen LogP contribution in [-0.4, -0.2) is 10.0 Å². The van der Waals surface area contributed by atoms with Gasteiger partial charge in [0.25, 0.3) is 0 Å². The number of allylic oxidation sites excluding steroid dienone is 1. The molecule has 1 aromatic heterocycles. The normalized spacial score (nSPS) is 15.3. The van der Waals surface area contributed by atoms with Gasteiger partial charge in [-0.2, -0.15) is 0 Å². The summed E-state index contributed by atoms with van der Waals surface area (Å²) in [5, 5.41) is 2.22. The van der Waals surface area contributed by atoms with Crippen LogP contribution in [0.5, 0.6) is 0 Å². The van der Waals surface area contributed by atoms with E-state index in [0.717, 1.165) is 17.9 Å². The highest BCUT2D eigenvalue weighted by Gasteiger charge is 2.03. The van der Waals surface area contributed by atoms with Gasteiger partial charge in [-0.15, -0.1) is 0 Å². The minimum Gasteiger partial charge on any atom is -0.254 e. The van der Waals surface area contributed by atoms with Crippen LogP contribution in [0.25, 0.3) is 0 Å². The Kier molecular flexibility index (Phi) is 3.65. The molecule has 2 rings (SSSR count). The fourth-order valence-corrected chi connectivity index (χ4v) is 2.98. The standard InChI is InChI=1S/C10H10N2S2/c1-3-7-11-9(5-1)13-14-10-6-2-4-8-12-10/h1,3-5,7-8H,2,6H2. The van der Waals surface area contributed by atoms with Crippen LogP contribution in [0.1, 0.15) is 12.8 Å². The molecule has 0 amide bonds. The topological polar surface area (TPSA) is 25.2 Å². The monoisotopic (exact) mass is 222 g/mol. The molecule has 0 radical (unpaired) electrons. The van der Waals surface area contributed by atoms with Crippen LogP contribution in [0.15, 0.2) is 46.7 Å². The van der Waals surface area contributed by atoms with Gasteiger partial charge in [-0.1, -0.05) is 12.1 Å². The van der Waals surface area contributed by atoms with Gasteiger partial charge in [-0.25, -0.2) is 4.98 Å². The first-order valence-electron chi connectivity index (χ1n) is 4.42. The molecular formula is C10H10N2S2. The van der Waals surface area contributed by atoms with E-state index in [1.165, 1.54) is 5.04 Å². The van der Waals surface area contributed by atoms with Crippen LogP contribution >= 0.6 is 21.6 Å². The highest BCUT2D eigenvalue weighted by molar-refractivity contribution is 8.82. The number of nitrogens with zero attached hydrogens (tertiary/aromatic N) is 2. The molecule has 1 aliphatic rings. The molecular weight excluding hydrogens is 212 g/mol. The maximum Gasteiger partial charge on any atom is 0.107 e. The Bertz CT molecular complexity index is 346. The molecule has 4 heteroatoms. The molecule has 2 nitrogen and oxygen atoms in total. The van der Waals surface area contributed by atoms with E-state index in [1.54, 1.807) is 21.6 Å². The number of aromatic nitrogens is 1. The second-order valence-corrected chi connectivity index (χ2v) is 5.00. The van der Waals surface area contributed by atoms with Gasteiger partial charge >= 0.3 is 0 Å². The first-order chi connectivity index (χ1) is 6.95. The first-order valence-corrected chi connectivity index (χ1v) is 6.57. The highest BCUT2D eigenvalue weighted by atomic mass is 33.1. The average molecular weight is 222 g/mol. The lowest BCUT2D eigenvalue weighted by atomic mass is 10.3. The first kappa shape index (κ1) is 9.80. The quantitative estimate of drug-likeness (QED) is 0.716. The van der Waals surface area contributed by atoms with Crippen LogP contribution in [0.4, 0.5) is 0 Å². The van der Waals surface area contributed by atoms with Gasteiger partial charge in [-0.3, -0.25) is 4.99 Å². The van der Waals surface area contributed by atoms with E-state index in [2.05, 4.69) is 16.1 Å². The smallest absolute Gasteiger partial charge is 0.107 e. The maximum atomic E-state index is 4.29. The number of hydrogen-bond donors (Lipinski definition) is 0. The molecule has 0 atom stereocenters. The molecule has 2 heterocycles. The van der Waals surface area contributed by atoms with Crippen molar-refractivity contribution in [3.63, 3.8) is 0 Å². The summed E-state index contributed by atoms with van der Waals surface area (Å²) in [7, 11) is 3.37. The predicted octanol–water partition coefficient (Wildman–Crippen LogP) is 3.53. The van der Waals surface area contributed by atoms with Gasteiger partial charge in [0, 0.05) is 18.8 Å². The molecule has 72 valence electrons. The van der Waals surface area contributed by atoms with Crippen molar-refractivity contribution in [2.45, 2.75) is 17.9 Å². The average Bonchev–Trinajstić information content (AvgIpc) is 2.29. The third kappa shape index (κ3) is 2.89. The summed E-state index contributed by atoms with van der Waals surface area (Å²) in [6.07, 6.45) is 7.95. The van der Waals surface area contributed by atoms with E-state index in [4.69, 9.17) is 0 Å². The van der Waals surface area contributed by atoms with E-state index in [-0.39, 0.29) is 0 Å².